The molecule has 1 saturated carbocycles. The van der Waals surface area contributed by atoms with Crippen LogP contribution in [0.1, 0.15) is 18.7 Å². The molecule has 70 valence electrons. The molecular weight excluding hydrogens is 170 g/mol. The number of methoxy groups -OCH3 is 1. The first-order valence-corrected chi connectivity index (χ1v) is 4.13. The Morgan fingerprint density at radius 2 is 2.38 bits per heavy atom. The van der Waals surface area contributed by atoms with Gasteiger partial charge in [0.25, 0.3) is 0 Å². The normalized spacial score (nSPS) is 18.3. The average molecular weight is 181 g/mol. The van der Waals surface area contributed by atoms with Crippen molar-refractivity contribution in [2.45, 2.75) is 18.3 Å². The van der Waals surface area contributed by atoms with Gasteiger partial charge in [0.1, 0.15) is 17.6 Å². The van der Waals surface area contributed by atoms with Gasteiger partial charge >= 0.3 is 5.97 Å². The Morgan fingerprint density at radius 1 is 1.69 bits per heavy atom. The molecule has 0 bridgehead atoms. The Bertz CT molecular complexity index is 341. The number of ether oxygens (including phenoxy) is 1. The Hall–Kier alpha value is -1.39. The molecule has 1 aliphatic rings. The van der Waals surface area contributed by atoms with Gasteiger partial charge in [-0.05, 0) is 12.8 Å². The van der Waals surface area contributed by atoms with Crippen LogP contribution in [0.4, 0.5) is 0 Å². The first-order valence-electron chi connectivity index (χ1n) is 4.13. The van der Waals surface area contributed by atoms with E-state index < -0.39 is 5.41 Å². The van der Waals surface area contributed by atoms with Crippen LogP contribution in [0.25, 0.3) is 0 Å². The van der Waals surface area contributed by atoms with Crippen LogP contribution in [-0.4, -0.2) is 27.8 Å². The summed E-state index contributed by atoms with van der Waals surface area (Å²) < 4.78 is 6.50. The molecule has 0 N–H and O–H groups in total. The van der Waals surface area contributed by atoms with Gasteiger partial charge in [-0.25, -0.2) is 0 Å². The molecule has 1 aliphatic carbocycles. The molecule has 13 heavy (non-hydrogen) atoms. The summed E-state index contributed by atoms with van der Waals surface area (Å²) in [6.45, 7) is 0. The number of esters is 1. The van der Waals surface area contributed by atoms with Gasteiger partial charge in [0.05, 0.1) is 7.11 Å². The van der Waals surface area contributed by atoms with Gasteiger partial charge in [0.15, 0.2) is 0 Å². The third kappa shape index (κ3) is 1.03. The fraction of sp³-hybridized carbons (Fsp3) is 0.625. The zero-order valence-corrected chi connectivity index (χ0v) is 7.65. The third-order valence-electron chi connectivity index (χ3n) is 2.47. The highest BCUT2D eigenvalue weighted by Gasteiger charge is 2.56. The van der Waals surface area contributed by atoms with Crippen LogP contribution in [0.3, 0.4) is 0 Å². The zero-order chi connectivity index (χ0) is 9.47. The number of aryl methyl sites for hydroxylation is 1. The summed E-state index contributed by atoms with van der Waals surface area (Å²) in [5, 5.41) is 7.68. The zero-order valence-electron chi connectivity index (χ0n) is 7.65. The van der Waals surface area contributed by atoms with Gasteiger partial charge in [-0.3, -0.25) is 4.79 Å². The van der Waals surface area contributed by atoms with Crippen molar-refractivity contribution >= 4 is 5.97 Å². The van der Waals surface area contributed by atoms with Crippen LogP contribution >= 0.6 is 0 Å². The van der Waals surface area contributed by atoms with Crippen molar-refractivity contribution in [2.75, 3.05) is 7.11 Å². The average Bonchev–Trinajstić information content (AvgIpc) is 2.83. The first kappa shape index (κ1) is 8.22. The molecule has 0 aromatic carbocycles. The molecule has 0 atom stereocenters. The molecule has 2 rings (SSSR count). The van der Waals surface area contributed by atoms with Gasteiger partial charge in [-0.1, -0.05) is 0 Å². The van der Waals surface area contributed by atoms with Crippen molar-refractivity contribution in [1.29, 1.82) is 0 Å². The highest BCUT2D eigenvalue weighted by molar-refractivity contribution is 5.85. The number of carbonyl (C=O) groups excluding carboxylic acids is 1. The van der Waals surface area contributed by atoms with Crippen LogP contribution in [0.2, 0.25) is 0 Å². The van der Waals surface area contributed by atoms with E-state index in [9.17, 15) is 4.79 Å². The largest absolute Gasteiger partial charge is 0.468 e. The summed E-state index contributed by atoms with van der Waals surface area (Å²) in [4.78, 5) is 11.4. The summed E-state index contributed by atoms with van der Waals surface area (Å²) >= 11 is 0. The monoisotopic (exact) mass is 181 g/mol. The summed E-state index contributed by atoms with van der Waals surface area (Å²) in [5.74, 6) is 0.503. The van der Waals surface area contributed by atoms with Gasteiger partial charge in [0, 0.05) is 7.05 Å². The second-order valence-electron chi connectivity index (χ2n) is 3.34. The molecule has 0 radical (unpaired) electrons. The molecule has 1 fully saturated rings. The molecule has 0 spiro atoms. The van der Waals surface area contributed by atoms with E-state index in [2.05, 4.69) is 10.2 Å². The lowest BCUT2D eigenvalue weighted by Gasteiger charge is -2.10. The lowest BCUT2D eigenvalue weighted by molar-refractivity contribution is -0.144. The van der Waals surface area contributed by atoms with Gasteiger partial charge in [-0.15, -0.1) is 10.2 Å². The quantitative estimate of drug-likeness (QED) is 0.603. The first-order chi connectivity index (χ1) is 6.20. The molecule has 1 heterocycles. The minimum absolute atomic E-state index is 0.205. The van der Waals surface area contributed by atoms with E-state index in [1.54, 1.807) is 10.9 Å². The molecule has 0 amide bonds. The number of nitrogens with zero attached hydrogens (tertiary/aromatic N) is 3. The summed E-state index contributed by atoms with van der Waals surface area (Å²) in [5.41, 5.74) is -0.500. The Morgan fingerprint density at radius 3 is 2.77 bits per heavy atom. The maximum absolute atomic E-state index is 11.4. The van der Waals surface area contributed by atoms with Crippen LogP contribution in [0.15, 0.2) is 6.33 Å². The summed E-state index contributed by atoms with van der Waals surface area (Å²) in [6, 6.07) is 0. The van der Waals surface area contributed by atoms with Crippen molar-refractivity contribution < 1.29 is 9.53 Å². The lowest BCUT2D eigenvalue weighted by atomic mass is 10.1. The standard InChI is InChI=1S/C8H11N3O2/c1-11-5-9-10-6(11)8(3-4-8)7(12)13-2/h5H,3-4H2,1-2H3. The van der Waals surface area contributed by atoms with Gasteiger partial charge in [-0.2, -0.15) is 0 Å². The smallest absolute Gasteiger partial charge is 0.319 e. The number of hydrogen-bond acceptors (Lipinski definition) is 4. The van der Waals surface area contributed by atoms with Crippen molar-refractivity contribution in [3.05, 3.63) is 12.2 Å². The number of aromatic nitrogens is 3. The van der Waals surface area contributed by atoms with Crippen LogP contribution < -0.4 is 0 Å². The fourth-order valence-corrected chi connectivity index (χ4v) is 1.56. The van der Waals surface area contributed by atoms with Gasteiger partial charge in [0.2, 0.25) is 0 Å². The highest BCUT2D eigenvalue weighted by atomic mass is 16.5. The fourth-order valence-electron chi connectivity index (χ4n) is 1.56. The molecule has 1 aromatic rings. The number of carbonyl (C=O) groups is 1. The molecule has 1 aromatic heterocycles. The second kappa shape index (κ2) is 2.55. The maximum Gasteiger partial charge on any atom is 0.319 e. The third-order valence-corrected chi connectivity index (χ3v) is 2.47. The summed E-state index contributed by atoms with van der Waals surface area (Å²) in [6.07, 6.45) is 3.22. The van der Waals surface area contributed by atoms with Crippen LogP contribution in [0.5, 0.6) is 0 Å². The van der Waals surface area contributed by atoms with E-state index in [0.29, 0.717) is 5.82 Å². The maximum atomic E-state index is 11.4. The summed E-state index contributed by atoms with van der Waals surface area (Å²) in [7, 11) is 3.23. The molecule has 0 saturated heterocycles. The highest BCUT2D eigenvalue weighted by Crippen LogP contribution is 2.47. The molecule has 0 unspecified atom stereocenters. The Balaban J connectivity index is 2.36. The lowest BCUT2D eigenvalue weighted by Crippen LogP contribution is -2.25. The Labute approximate surface area is 75.7 Å². The van der Waals surface area contributed by atoms with E-state index >= 15 is 0 Å². The predicted molar refractivity (Wildman–Crippen MR) is 43.9 cm³/mol. The minimum Gasteiger partial charge on any atom is -0.468 e. The Kier molecular flexibility index (Phi) is 1.61. The van der Waals surface area contributed by atoms with Crippen molar-refractivity contribution in [3.63, 3.8) is 0 Å². The SMILES string of the molecule is COC(=O)C1(c2nncn2C)CC1. The van der Waals surface area contributed by atoms with Crippen molar-refractivity contribution in [1.82, 2.24) is 14.8 Å². The van der Waals surface area contributed by atoms with Crippen LogP contribution in [-0.2, 0) is 22.0 Å². The molecular formula is C8H11N3O2. The number of rotatable bonds is 2. The van der Waals surface area contributed by atoms with E-state index in [-0.39, 0.29) is 5.97 Å². The van der Waals surface area contributed by atoms with E-state index in [1.807, 2.05) is 7.05 Å². The second-order valence-corrected chi connectivity index (χ2v) is 3.34. The number of hydrogen-bond donors (Lipinski definition) is 0. The molecule has 0 aliphatic heterocycles. The van der Waals surface area contributed by atoms with Crippen molar-refractivity contribution in [2.24, 2.45) is 7.05 Å². The van der Waals surface area contributed by atoms with E-state index in [0.717, 1.165) is 12.8 Å². The minimum atomic E-state index is -0.500. The van der Waals surface area contributed by atoms with Crippen molar-refractivity contribution in [3.8, 4) is 0 Å². The molecule has 5 heteroatoms. The topological polar surface area (TPSA) is 57.0 Å². The van der Waals surface area contributed by atoms with E-state index in [4.69, 9.17) is 4.74 Å². The molecule has 5 nitrogen and oxygen atoms in total. The van der Waals surface area contributed by atoms with Gasteiger partial charge < -0.3 is 9.30 Å². The van der Waals surface area contributed by atoms with Crippen LogP contribution in [0, 0.1) is 0 Å². The predicted octanol–water partition coefficient (Wildman–Crippen LogP) is 0.0197. The van der Waals surface area contributed by atoms with E-state index in [1.165, 1.54) is 7.11 Å².